The van der Waals surface area contributed by atoms with Gasteiger partial charge in [-0.1, -0.05) is 6.07 Å². The first kappa shape index (κ1) is 20.5. The van der Waals surface area contributed by atoms with Crippen molar-refractivity contribution in [2.75, 3.05) is 5.32 Å². The van der Waals surface area contributed by atoms with Crippen LogP contribution < -0.4 is 5.32 Å². The third-order valence-corrected chi connectivity index (χ3v) is 6.45. The molecule has 1 saturated carbocycles. The minimum Gasteiger partial charge on any atom is -0.352 e. The molecule has 6 heterocycles. The summed E-state index contributed by atoms with van der Waals surface area (Å²) < 4.78 is 0. The second-order valence-electron chi connectivity index (χ2n) is 8.97. The number of nitrogens with one attached hydrogen (secondary N) is 3. The molecule has 1 aliphatic carbocycles. The summed E-state index contributed by atoms with van der Waals surface area (Å²) in [5, 5.41) is 12.4. The van der Waals surface area contributed by atoms with Crippen molar-refractivity contribution in [1.29, 1.82) is 0 Å². The Bertz CT molecular complexity index is 1750. The minimum absolute atomic E-state index is 0.0537. The van der Waals surface area contributed by atoms with E-state index in [-0.39, 0.29) is 11.8 Å². The Morgan fingerprint density at radius 2 is 1.81 bits per heavy atom. The Hall–Kier alpha value is -4.92. The molecule has 9 heteroatoms. The van der Waals surface area contributed by atoms with Gasteiger partial charge in [0, 0.05) is 58.2 Å². The molecule has 6 aromatic heterocycles. The van der Waals surface area contributed by atoms with Gasteiger partial charge >= 0.3 is 0 Å². The Kier molecular flexibility index (Phi) is 4.60. The number of nitrogens with zero attached hydrogens (tertiary/aromatic N) is 5. The summed E-state index contributed by atoms with van der Waals surface area (Å²) in [4.78, 5) is 33.4. The van der Waals surface area contributed by atoms with Crippen molar-refractivity contribution >= 4 is 33.5 Å². The topological polar surface area (TPSA) is 125 Å². The second-order valence-corrected chi connectivity index (χ2v) is 8.97. The number of rotatable bonds is 5. The van der Waals surface area contributed by atoms with E-state index in [0.717, 1.165) is 62.9 Å². The van der Waals surface area contributed by atoms with Gasteiger partial charge in [0.2, 0.25) is 5.91 Å². The molecule has 0 saturated heterocycles. The summed E-state index contributed by atoms with van der Waals surface area (Å²) in [6.45, 7) is 0. The average molecular weight is 473 g/mol. The van der Waals surface area contributed by atoms with Crippen LogP contribution in [0.15, 0.2) is 73.6 Å². The number of hydrogen-bond donors (Lipinski definition) is 3. The molecule has 0 aliphatic heterocycles. The first-order chi connectivity index (χ1) is 17.7. The number of pyridine rings is 4. The predicted octanol–water partition coefficient (Wildman–Crippen LogP) is 4.97. The number of carbonyl (C=O) groups excluding carboxylic acids is 1. The lowest BCUT2D eigenvalue weighted by Gasteiger charge is -2.07. The van der Waals surface area contributed by atoms with Crippen molar-refractivity contribution in [3.05, 3.63) is 73.6 Å². The third kappa shape index (κ3) is 3.58. The zero-order valence-electron chi connectivity index (χ0n) is 19.1. The molecular weight excluding hydrogens is 452 g/mol. The molecule has 0 radical (unpaired) electrons. The van der Waals surface area contributed by atoms with Crippen LogP contribution in [-0.2, 0) is 4.79 Å². The summed E-state index contributed by atoms with van der Waals surface area (Å²) in [7, 11) is 0. The SMILES string of the molecule is O=C(Nc1cncc(-c2cnc3n[nH]c(-c4cc5c(-c6ccccn6)cncc5[nH]4)c3c2)c1)C1CC1. The van der Waals surface area contributed by atoms with Crippen molar-refractivity contribution in [3.8, 4) is 33.8 Å². The molecule has 0 aromatic carbocycles. The van der Waals surface area contributed by atoms with Crippen molar-refractivity contribution < 1.29 is 4.79 Å². The van der Waals surface area contributed by atoms with Crippen LogP contribution in [0.4, 0.5) is 5.69 Å². The molecule has 0 atom stereocenters. The molecule has 0 unspecified atom stereocenters. The maximum Gasteiger partial charge on any atom is 0.227 e. The average Bonchev–Trinajstić information content (AvgIpc) is 3.55. The molecule has 1 aliphatic rings. The number of anilines is 1. The standard InChI is InChI=1S/C27H20N8O/c36-27(15-4-5-15)32-18-7-16(10-28-12-18)17-8-20-25(34-35-26(20)31-11-17)23-9-19-21(13-29-14-24(19)33-23)22-3-1-2-6-30-22/h1-3,6-15,33H,4-5H2,(H,32,36)(H,31,34,35). The Labute approximate surface area is 205 Å². The van der Waals surface area contributed by atoms with E-state index in [9.17, 15) is 4.79 Å². The van der Waals surface area contributed by atoms with E-state index in [1.165, 1.54) is 0 Å². The van der Waals surface area contributed by atoms with Gasteiger partial charge in [-0.3, -0.25) is 24.8 Å². The third-order valence-electron chi connectivity index (χ3n) is 6.45. The van der Waals surface area contributed by atoms with Crippen LogP contribution in [0.1, 0.15) is 12.8 Å². The molecule has 174 valence electrons. The summed E-state index contributed by atoms with van der Waals surface area (Å²) in [5.41, 5.74) is 7.46. The monoisotopic (exact) mass is 472 g/mol. The van der Waals surface area contributed by atoms with Crippen molar-refractivity contribution in [2.45, 2.75) is 12.8 Å². The van der Waals surface area contributed by atoms with E-state index in [0.29, 0.717) is 11.3 Å². The molecule has 0 bridgehead atoms. The van der Waals surface area contributed by atoms with E-state index in [2.05, 4.69) is 46.5 Å². The van der Waals surface area contributed by atoms with Gasteiger partial charge in [0.25, 0.3) is 0 Å². The van der Waals surface area contributed by atoms with Crippen LogP contribution in [0.25, 0.3) is 55.7 Å². The van der Waals surface area contributed by atoms with E-state index in [4.69, 9.17) is 0 Å². The molecular formula is C27H20N8O. The van der Waals surface area contributed by atoms with E-state index in [1.54, 1.807) is 31.0 Å². The summed E-state index contributed by atoms with van der Waals surface area (Å²) in [6.07, 6.45) is 12.5. The highest BCUT2D eigenvalue weighted by Crippen LogP contribution is 2.34. The first-order valence-corrected chi connectivity index (χ1v) is 11.7. The molecule has 0 spiro atoms. The van der Waals surface area contributed by atoms with Gasteiger partial charge in [0.05, 0.1) is 40.7 Å². The summed E-state index contributed by atoms with van der Waals surface area (Å²) >= 11 is 0. The highest BCUT2D eigenvalue weighted by atomic mass is 16.2. The fraction of sp³-hybridized carbons (Fsp3) is 0.111. The van der Waals surface area contributed by atoms with Gasteiger partial charge in [-0.25, -0.2) is 4.98 Å². The Morgan fingerprint density at radius 1 is 0.917 bits per heavy atom. The number of amides is 1. The molecule has 6 aromatic rings. The molecule has 3 N–H and O–H groups in total. The van der Waals surface area contributed by atoms with E-state index < -0.39 is 0 Å². The number of H-pyrrole nitrogens is 2. The number of aromatic nitrogens is 7. The Balaban J connectivity index is 1.28. The van der Waals surface area contributed by atoms with Crippen LogP contribution in [0.5, 0.6) is 0 Å². The van der Waals surface area contributed by atoms with Gasteiger partial charge in [-0.15, -0.1) is 0 Å². The van der Waals surface area contributed by atoms with Gasteiger partial charge in [0.15, 0.2) is 5.65 Å². The van der Waals surface area contributed by atoms with Crippen molar-refractivity contribution in [1.82, 2.24) is 35.1 Å². The van der Waals surface area contributed by atoms with Crippen molar-refractivity contribution in [3.63, 3.8) is 0 Å². The molecule has 1 fully saturated rings. The molecule has 7 rings (SSSR count). The first-order valence-electron chi connectivity index (χ1n) is 11.7. The minimum atomic E-state index is 0.0537. The maximum atomic E-state index is 12.2. The highest BCUT2D eigenvalue weighted by molar-refractivity contribution is 6.00. The van der Waals surface area contributed by atoms with Crippen LogP contribution in [0, 0.1) is 5.92 Å². The lowest BCUT2D eigenvalue weighted by Crippen LogP contribution is -2.13. The van der Waals surface area contributed by atoms with E-state index in [1.807, 2.05) is 36.5 Å². The van der Waals surface area contributed by atoms with Gasteiger partial charge in [-0.05, 0) is 43.2 Å². The van der Waals surface area contributed by atoms with Crippen LogP contribution in [0.3, 0.4) is 0 Å². The predicted molar refractivity (Wildman–Crippen MR) is 137 cm³/mol. The van der Waals surface area contributed by atoms with Crippen molar-refractivity contribution in [2.24, 2.45) is 5.92 Å². The van der Waals surface area contributed by atoms with Crippen LogP contribution in [0.2, 0.25) is 0 Å². The smallest absolute Gasteiger partial charge is 0.227 e. The van der Waals surface area contributed by atoms with Gasteiger partial charge in [-0.2, -0.15) is 5.10 Å². The summed E-state index contributed by atoms with van der Waals surface area (Å²) in [5.74, 6) is 0.183. The quantitative estimate of drug-likeness (QED) is 0.325. The second kappa shape index (κ2) is 8.09. The molecule has 1 amide bonds. The van der Waals surface area contributed by atoms with Gasteiger partial charge < -0.3 is 10.3 Å². The normalized spacial score (nSPS) is 13.3. The number of aromatic amines is 2. The molecule has 36 heavy (non-hydrogen) atoms. The number of carbonyl (C=O) groups is 1. The highest BCUT2D eigenvalue weighted by Gasteiger charge is 2.29. The van der Waals surface area contributed by atoms with E-state index >= 15 is 0 Å². The van der Waals surface area contributed by atoms with Gasteiger partial charge in [0.1, 0.15) is 0 Å². The van der Waals surface area contributed by atoms with Crippen LogP contribution in [-0.4, -0.2) is 41.0 Å². The zero-order valence-corrected chi connectivity index (χ0v) is 19.1. The largest absolute Gasteiger partial charge is 0.352 e. The molecule has 9 nitrogen and oxygen atoms in total. The fourth-order valence-corrected chi connectivity index (χ4v) is 4.43. The number of hydrogen-bond acceptors (Lipinski definition) is 6. The summed E-state index contributed by atoms with van der Waals surface area (Å²) in [6, 6.07) is 11.9. The lowest BCUT2D eigenvalue weighted by atomic mass is 10.1. The maximum absolute atomic E-state index is 12.2. The Morgan fingerprint density at radius 3 is 2.67 bits per heavy atom. The lowest BCUT2D eigenvalue weighted by molar-refractivity contribution is -0.117. The van der Waals surface area contributed by atoms with Crippen LogP contribution >= 0.6 is 0 Å². The fourth-order valence-electron chi connectivity index (χ4n) is 4.43. The number of fused-ring (bicyclic) bond motifs is 2. The zero-order chi connectivity index (χ0) is 24.1.